The summed E-state index contributed by atoms with van der Waals surface area (Å²) < 4.78 is 4.89. The normalized spacial score (nSPS) is 18.6. The first-order chi connectivity index (χ1) is 9.76. The number of rotatable bonds is 6. The third kappa shape index (κ3) is 3.36. The van der Waals surface area contributed by atoms with Crippen molar-refractivity contribution in [2.45, 2.75) is 49.1 Å². The zero-order valence-electron chi connectivity index (χ0n) is 11.9. The summed E-state index contributed by atoms with van der Waals surface area (Å²) in [5.41, 5.74) is 2.98. The molecular weight excluding hydrogens is 270 g/mol. The lowest BCUT2D eigenvalue weighted by Gasteiger charge is -2.16. The van der Waals surface area contributed by atoms with Crippen LogP contribution in [0.15, 0.2) is 23.1 Å². The van der Waals surface area contributed by atoms with Crippen molar-refractivity contribution < 1.29 is 9.53 Å². The van der Waals surface area contributed by atoms with Gasteiger partial charge in [-0.15, -0.1) is 11.8 Å². The van der Waals surface area contributed by atoms with Crippen LogP contribution in [0.25, 0.3) is 0 Å². The van der Waals surface area contributed by atoms with Crippen LogP contribution in [0.4, 0.5) is 0 Å². The summed E-state index contributed by atoms with van der Waals surface area (Å²) in [7, 11) is 1.46. The molecule has 1 atom stereocenters. The van der Waals surface area contributed by atoms with E-state index in [9.17, 15) is 4.79 Å². The molecule has 3 rings (SSSR count). The van der Waals surface area contributed by atoms with E-state index in [1.165, 1.54) is 55.2 Å². The molecule has 0 amide bonds. The van der Waals surface area contributed by atoms with Gasteiger partial charge in [-0.2, -0.15) is 0 Å². The number of fused-ring (bicyclic) bond motifs is 1. The Labute approximate surface area is 124 Å². The van der Waals surface area contributed by atoms with Crippen molar-refractivity contribution in [1.29, 1.82) is 0 Å². The summed E-state index contributed by atoms with van der Waals surface area (Å²) >= 11 is 1.74. The number of esters is 1. The van der Waals surface area contributed by atoms with Crippen LogP contribution in [0.5, 0.6) is 0 Å². The fraction of sp³-hybridized carbons (Fsp3) is 0.562. The molecule has 0 spiro atoms. The number of carbonyl (C=O) groups is 1. The molecule has 20 heavy (non-hydrogen) atoms. The first-order valence-corrected chi connectivity index (χ1v) is 8.33. The topological polar surface area (TPSA) is 38.3 Å². The average Bonchev–Trinajstić information content (AvgIpc) is 3.17. The first-order valence-electron chi connectivity index (χ1n) is 7.35. The number of benzene rings is 1. The fourth-order valence-electron chi connectivity index (χ4n) is 2.68. The van der Waals surface area contributed by atoms with Gasteiger partial charge in [0.15, 0.2) is 0 Å². The van der Waals surface area contributed by atoms with Crippen LogP contribution in [0.2, 0.25) is 0 Å². The van der Waals surface area contributed by atoms with Crippen molar-refractivity contribution in [3.63, 3.8) is 0 Å². The highest BCUT2D eigenvalue weighted by Crippen LogP contribution is 2.28. The lowest BCUT2D eigenvalue weighted by Crippen LogP contribution is -2.40. The van der Waals surface area contributed by atoms with Crippen LogP contribution in [-0.2, 0) is 22.4 Å². The van der Waals surface area contributed by atoms with Gasteiger partial charge in [0.25, 0.3) is 0 Å². The van der Waals surface area contributed by atoms with Gasteiger partial charge in [0.05, 0.1) is 7.11 Å². The van der Waals surface area contributed by atoms with Crippen molar-refractivity contribution in [2.24, 2.45) is 0 Å². The molecule has 108 valence electrons. The highest BCUT2D eigenvalue weighted by Gasteiger charge is 2.29. The van der Waals surface area contributed by atoms with Crippen LogP contribution in [0, 0.1) is 0 Å². The minimum atomic E-state index is -0.189. The number of ether oxygens (including phenoxy) is 1. The molecule has 1 fully saturated rings. The largest absolute Gasteiger partial charge is 0.468 e. The van der Waals surface area contributed by atoms with Crippen LogP contribution in [0.1, 0.15) is 30.4 Å². The summed E-state index contributed by atoms with van der Waals surface area (Å²) in [6.07, 6.45) is 6.05. The van der Waals surface area contributed by atoms with Gasteiger partial charge in [-0.3, -0.25) is 4.79 Å². The summed E-state index contributed by atoms with van der Waals surface area (Å²) in [4.78, 5) is 13.0. The van der Waals surface area contributed by atoms with Crippen molar-refractivity contribution >= 4 is 17.7 Å². The maximum Gasteiger partial charge on any atom is 0.323 e. The Morgan fingerprint density at radius 1 is 1.40 bits per heavy atom. The van der Waals surface area contributed by atoms with Gasteiger partial charge in [0.1, 0.15) is 6.04 Å². The third-order valence-corrected chi connectivity index (χ3v) is 5.07. The molecule has 0 saturated heterocycles. The summed E-state index contributed by atoms with van der Waals surface area (Å²) in [6, 6.07) is 7.04. The Balaban J connectivity index is 1.59. The SMILES string of the molecule is COC(=O)C(CSc1ccc2c(c1)CCC2)NC1CC1. The van der Waals surface area contributed by atoms with Crippen LogP contribution >= 0.6 is 11.8 Å². The molecule has 2 aliphatic carbocycles. The lowest BCUT2D eigenvalue weighted by atomic mass is 10.1. The number of nitrogens with one attached hydrogen (secondary N) is 1. The number of carbonyl (C=O) groups excluding carboxylic acids is 1. The molecule has 1 N–H and O–H groups in total. The smallest absolute Gasteiger partial charge is 0.323 e. The molecule has 0 radical (unpaired) electrons. The predicted molar refractivity (Wildman–Crippen MR) is 81.2 cm³/mol. The highest BCUT2D eigenvalue weighted by molar-refractivity contribution is 7.99. The second-order valence-corrected chi connectivity index (χ2v) is 6.71. The lowest BCUT2D eigenvalue weighted by molar-refractivity contribution is -0.142. The molecule has 3 nitrogen and oxygen atoms in total. The van der Waals surface area contributed by atoms with Gasteiger partial charge in [0, 0.05) is 16.7 Å². The van der Waals surface area contributed by atoms with E-state index in [-0.39, 0.29) is 12.0 Å². The van der Waals surface area contributed by atoms with E-state index in [2.05, 4.69) is 23.5 Å². The Kier molecular flexibility index (Phi) is 4.32. The summed E-state index contributed by atoms with van der Waals surface area (Å²) in [5, 5.41) is 3.37. The van der Waals surface area contributed by atoms with E-state index in [1.807, 2.05) is 0 Å². The zero-order valence-corrected chi connectivity index (χ0v) is 12.7. The Morgan fingerprint density at radius 3 is 2.95 bits per heavy atom. The second kappa shape index (κ2) is 6.19. The summed E-state index contributed by atoms with van der Waals surface area (Å²) in [6.45, 7) is 0. The van der Waals surface area contributed by atoms with Crippen molar-refractivity contribution in [2.75, 3.05) is 12.9 Å². The van der Waals surface area contributed by atoms with Gasteiger partial charge >= 0.3 is 5.97 Å². The first kappa shape index (κ1) is 14.0. The monoisotopic (exact) mass is 291 g/mol. The molecule has 0 aromatic heterocycles. The van der Waals surface area contributed by atoms with Gasteiger partial charge in [-0.05, 0) is 55.4 Å². The number of thioether (sulfide) groups is 1. The molecule has 0 aliphatic heterocycles. The van der Waals surface area contributed by atoms with Crippen molar-refractivity contribution in [3.05, 3.63) is 29.3 Å². The third-order valence-electron chi connectivity index (χ3n) is 3.99. The minimum Gasteiger partial charge on any atom is -0.468 e. The van der Waals surface area contributed by atoms with Gasteiger partial charge < -0.3 is 10.1 Å². The van der Waals surface area contributed by atoms with E-state index < -0.39 is 0 Å². The highest BCUT2D eigenvalue weighted by atomic mass is 32.2. The number of methoxy groups -OCH3 is 1. The van der Waals surface area contributed by atoms with E-state index in [0.717, 1.165) is 5.75 Å². The molecular formula is C16H21NO2S. The Bertz CT molecular complexity index is 499. The van der Waals surface area contributed by atoms with E-state index in [4.69, 9.17) is 4.74 Å². The van der Waals surface area contributed by atoms with Gasteiger partial charge in [-0.25, -0.2) is 0 Å². The Morgan fingerprint density at radius 2 is 2.20 bits per heavy atom. The van der Waals surface area contributed by atoms with Gasteiger partial charge in [-0.1, -0.05) is 6.07 Å². The average molecular weight is 291 g/mol. The molecule has 1 unspecified atom stereocenters. The molecule has 1 saturated carbocycles. The molecule has 1 aromatic carbocycles. The number of aryl methyl sites for hydroxylation is 2. The molecule has 4 heteroatoms. The van der Waals surface area contributed by atoms with E-state index in [0.29, 0.717) is 6.04 Å². The van der Waals surface area contributed by atoms with Crippen molar-refractivity contribution in [1.82, 2.24) is 5.32 Å². The zero-order chi connectivity index (χ0) is 13.9. The Hall–Kier alpha value is -1.00. The van der Waals surface area contributed by atoms with Gasteiger partial charge in [0.2, 0.25) is 0 Å². The van der Waals surface area contributed by atoms with Crippen LogP contribution < -0.4 is 5.32 Å². The fourth-order valence-corrected chi connectivity index (χ4v) is 3.66. The standard InChI is InChI=1S/C16H21NO2S/c1-19-16(18)15(17-13-6-7-13)10-20-14-8-5-11-3-2-4-12(11)9-14/h5,8-9,13,15,17H,2-4,6-7,10H2,1H3. The van der Waals surface area contributed by atoms with Crippen LogP contribution in [0.3, 0.4) is 0 Å². The summed E-state index contributed by atoms with van der Waals surface area (Å²) in [5.74, 6) is 0.590. The number of hydrogen-bond acceptors (Lipinski definition) is 4. The molecule has 2 aliphatic rings. The second-order valence-electron chi connectivity index (χ2n) is 5.61. The molecule has 0 bridgehead atoms. The van der Waals surface area contributed by atoms with Crippen LogP contribution in [-0.4, -0.2) is 30.9 Å². The number of hydrogen-bond donors (Lipinski definition) is 1. The van der Waals surface area contributed by atoms with E-state index >= 15 is 0 Å². The predicted octanol–water partition coefficient (Wildman–Crippen LogP) is 2.56. The minimum absolute atomic E-state index is 0.148. The molecule has 1 aromatic rings. The maximum atomic E-state index is 11.8. The quantitative estimate of drug-likeness (QED) is 0.646. The molecule has 0 heterocycles. The van der Waals surface area contributed by atoms with Crippen molar-refractivity contribution in [3.8, 4) is 0 Å². The van der Waals surface area contributed by atoms with E-state index in [1.54, 1.807) is 11.8 Å². The maximum absolute atomic E-state index is 11.8.